The molecule has 0 spiro atoms. The van der Waals surface area contributed by atoms with E-state index in [-0.39, 0.29) is 31.2 Å². The molecule has 2 unspecified atom stereocenters. The van der Waals surface area contributed by atoms with Crippen molar-refractivity contribution in [2.24, 2.45) is 5.73 Å². The minimum absolute atomic E-state index is 0.213. The van der Waals surface area contributed by atoms with Gasteiger partial charge in [0.15, 0.2) is 0 Å². The number of nitrogens with zero attached hydrogens (tertiary/aromatic N) is 1. The van der Waals surface area contributed by atoms with Gasteiger partial charge in [0.1, 0.15) is 17.8 Å². The van der Waals surface area contributed by atoms with E-state index >= 15 is 0 Å². The highest BCUT2D eigenvalue weighted by Crippen LogP contribution is 2.15. The second-order valence-corrected chi connectivity index (χ2v) is 10.5. The van der Waals surface area contributed by atoms with Crippen molar-refractivity contribution in [1.82, 2.24) is 20.9 Å². The third kappa shape index (κ3) is 9.24. The molecule has 1 heterocycles. The molecule has 228 valence electrons. The molecule has 0 aliphatic rings. The molecule has 0 aliphatic carbocycles. The van der Waals surface area contributed by atoms with Gasteiger partial charge < -0.3 is 26.4 Å². The molecule has 0 saturated carbocycles. The van der Waals surface area contributed by atoms with Crippen molar-refractivity contribution in [3.63, 3.8) is 0 Å². The maximum absolute atomic E-state index is 13.8. The van der Waals surface area contributed by atoms with Gasteiger partial charge in [-0.2, -0.15) is 0 Å². The first-order valence-corrected chi connectivity index (χ1v) is 14.7. The molecular weight excluding hydrogens is 554 g/mol. The molecule has 3 amide bonds. The van der Waals surface area contributed by atoms with Crippen LogP contribution >= 0.6 is 0 Å². The number of hydrogen-bond donors (Lipinski definition) is 4. The molecule has 2 atom stereocenters. The van der Waals surface area contributed by atoms with Crippen molar-refractivity contribution in [1.29, 1.82) is 0 Å². The Bertz CT molecular complexity index is 1530. The van der Waals surface area contributed by atoms with Crippen LogP contribution in [-0.2, 0) is 35.5 Å². The molecule has 9 nitrogen and oxygen atoms in total. The third-order valence-corrected chi connectivity index (χ3v) is 7.22. The van der Waals surface area contributed by atoms with E-state index in [1.54, 1.807) is 42.7 Å². The summed E-state index contributed by atoms with van der Waals surface area (Å²) in [5, 5.41) is 8.73. The SMILES string of the molecule is CCOc1ccc(CC(NC(=O)c2ccccc2)C(=O)NC(Cc2cccnc2)C(=O)NCc2ccc(CN)c(C)c2)cc1. The summed E-state index contributed by atoms with van der Waals surface area (Å²) < 4.78 is 5.54. The monoisotopic (exact) mass is 593 g/mol. The number of nitrogens with one attached hydrogen (secondary N) is 3. The van der Waals surface area contributed by atoms with Crippen LogP contribution in [0.15, 0.2) is 97.3 Å². The number of hydrogen-bond acceptors (Lipinski definition) is 6. The van der Waals surface area contributed by atoms with Crippen molar-refractivity contribution in [2.45, 2.75) is 51.9 Å². The second kappa shape index (κ2) is 16.0. The lowest BCUT2D eigenvalue weighted by Crippen LogP contribution is -2.55. The van der Waals surface area contributed by atoms with Gasteiger partial charge in [-0.15, -0.1) is 0 Å². The van der Waals surface area contributed by atoms with Crippen LogP contribution in [0.5, 0.6) is 5.75 Å². The Morgan fingerprint density at radius 3 is 2.18 bits per heavy atom. The number of pyridine rings is 1. The molecule has 5 N–H and O–H groups in total. The molecule has 0 aliphatic heterocycles. The van der Waals surface area contributed by atoms with Crippen LogP contribution in [0.3, 0.4) is 0 Å². The van der Waals surface area contributed by atoms with E-state index < -0.39 is 18.0 Å². The van der Waals surface area contributed by atoms with Gasteiger partial charge in [0.25, 0.3) is 5.91 Å². The van der Waals surface area contributed by atoms with E-state index in [0.717, 1.165) is 27.8 Å². The van der Waals surface area contributed by atoms with Crippen LogP contribution < -0.4 is 26.4 Å². The van der Waals surface area contributed by atoms with Crippen LogP contribution in [-0.4, -0.2) is 41.4 Å². The first-order valence-electron chi connectivity index (χ1n) is 14.7. The number of carbonyl (C=O) groups is 3. The van der Waals surface area contributed by atoms with Gasteiger partial charge >= 0.3 is 0 Å². The summed E-state index contributed by atoms with van der Waals surface area (Å²) in [5.41, 5.74) is 10.8. The van der Waals surface area contributed by atoms with Crippen molar-refractivity contribution in [2.75, 3.05) is 6.61 Å². The number of carbonyl (C=O) groups excluding carboxylic acids is 3. The van der Waals surface area contributed by atoms with Crippen LogP contribution in [0.4, 0.5) is 0 Å². The van der Waals surface area contributed by atoms with Crippen molar-refractivity contribution >= 4 is 17.7 Å². The van der Waals surface area contributed by atoms with Gasteiger partial charge in [0.2, 0.25) is 11.8 Å². The molecule has 4 rings (SSSR count). The average molecular weight is 594 g/mol. The molecule has 44 heavy (non-hydrogen) atoms. The molecule has 0 fully saturated rings. The van der Waals surface area contributed by atoms with E-state index in [0.29, 0.717) is 24.5 Å². The highest BCUT2D eigenvalue weighted by molar-refractivity contribution is 5.98. The molecule has 3 aromatic carbocycles. The lowest BCUT2D eigenvalue weighted by molar-refractivity contribution is -0.130. The average Bonchev–Trinajstić information content (AvgIpc) is 3.05. The van der Waals surface area contributed by atoms with Crippen molar-refractivity contribution in [3.8, 4) is 5.75 Å². The predicted octanol–water partition coefficient (Wildman–Crippen LogP) is 3.63. The van der Waals surface area contributed by atoms with Gasteiger partial charge in [-0.05, 0) is 72.0 Å². The molecule has 0 radical (unpaired) electrons. The number of ether oxygens (including phenoxy) is 1. The molecular formula is C35H39N5O4. The van der Waals surface area contributed by atoms with Gasteiger partial charge in [0.05, 0.1) is 6.61 Å². The summed E-state index contributed by atoms with van der Waals surface area (Å²) in [4.78, 5) is 44.6. The molecule has 0 bridgehead atoms. The minimum atomic E-state index is -0.948. The van der Waals surface area contributed by atoms with E-state index in [1.165, 1.54) is 0 Å². The fourth-order valence-corrected chi connectivity index (χ4v) is 4.81. The summed E-state index contributed by atoms with van der Waals surface area (Å²) in [5.74, 6) is -0.500. The lowest BCUT2D eigenvalue weighted by Gasteiger charge is -2.24. The fraction of sp³-hybridized carbons (Fsp3) is 0.257. The van der Waals surface area contributed by atoms with Crippen molar-refractivity contribution in [3.05, 3.63) is 131 Å². The highest BCUT2D eigenvalue weighted by Gasteiger charge is 2.28. The minimum Gasteiger partial charge on any atom is -0.494 e. The molecule has 1 aromatic heterocycles. The van der Waals surface area contributed by atoms with Gasteiger partial charge in [-0.1, -0.05) is 54.6 Å². The number of nitrogens with two attached hydrogens (primary N) is 1. The van der Waals surface area contributed by atoms with Gasteiger partial charge in [0, 0.05) is 43.9 Å². The smallest absolute Gasteiger partial charge is 0.251 e. The largest absolute Gasteiger partial charge is 0.494 e. The zero-order chi connectivity index (χ0) is 31.3. The summed E-state index contributed by atoms with van der Waals surface area (Å²) >= 11 is 0. The van der Waals surface area contributed by atoms with Crippen LogP contribution in [0, 0.1) is 6.92 Å². The van der Waals surface area contributed by atoms with E-state index in [2.05, 4.69) is 20.9 Å². The van der Waals surface area contributed by atoms with E-state index in [9.17, 15) is 14.4 Å². The Hall–Kier alpha value is -5.02. The number of amides is 3. The lowest BCUT2D eigenvalue weighted by atomic mass is 10.0. The summed E-state index contributed by atoms with van der Waals surface area (Å²) in [6.07, 6.45) is 3.75. The zero-order valence-corrected chi connectivity index (χ0v) is 25.1. The normalized spacial score (nSPS) is 12.1. The highest BCUT2D eigenvalue weighted by atomic mass is 16.5. The number of aryl methyl sites for hydroxylation is 1. The Labute approximate surface area is 258 Å². The second-order valence-electron chi connectivity index (χ2n) is 10.5. The Balaban J connectivity index is 1.54. The first kappa shape index (κ1) is 31.9. The molecule has 0 saturated heterocycles. The van der Waals surface area contributed by atoms with Crippen LogP contribution in [0.2, 0.25) is 0 Å². The Kier molecular flexibility index (Phi) is 11.6. The predicted molar refractivity (Wildman–Crippen MR) is 170 cm³/mol. The fourth-order valence-electron chi connectivity index (χ4n) is 4.81. The van der Waals surface area contributed by atoms with Crippen molar-refractivity contribution < 1.29 is 19.1 Å². The third-order valence-electron chi connectivity index (χ3n) is 7.22. The number of rotatable bonds is 14. The van der Waals surface area contributed by atoms with E-state index in [1.807, 2.05) is 68.4 Å². The topological polar surface area (TPSA) is 135 Å². The summed E-state index contributed by atoms with van der Waals surface area (Å²) in [7, 11) is 0. The maximum atomic E-state index is 13.8. The Morgan fingerprint density at radius 1 is 0.818 bits per heavy atom. The Morgan fingerprint density at radius 2 is 1.52 bits per heavy atom. The number of aromatic nitrogens is 1. The van der Waals surface area contributed by atoms with Crippen LogP contribution in [0.25, 0.3) is 0 Å². The molecule has 4 aromatic rings. The van der Waals surface area contributed by atoms with Gasteiger partial charge in [-0.25, -0.2) is 0 Å². The maximum Gasteiger partial charge on any atom is 0.251 e. The number of benzene rings is 3. The zero-order valence-electron chi connectivity index (χ0n) is 25.1. The molecule has 9 heteroatoms. The standard InChI is InChI=1S/C35H39N5O4/c1-3-44-30-15-12-25(13-16-30)19-32(39-33(41)28-9-5-4-6-10-28)35(43)40-31(20-26-8-7-17-37-22-26)34(42)38-23-27-11-14-29(21-36)24(2)18-27/h4-18,22,31-32H,3,19-21,23,36H2,1-2H3,(H,38,42)(H,39,41)(H,40,43). The van der Waals surface area contributed by atoms with Gasteiger partial charge in [-0.3, -0.25) is 19.4 Å². The summed E-state index contributed by atoms with van der Waals surface area (Å²) in [6.45, 7) is 5.15. The first-order chi connectivity index (χ1) is 21.4. The quantitative estimate of drug-likeness (QED) is 0.176. The van der Waals surface area contributed by atoms with E-state index in [4.69, 9.17) is 10.5 Å². The van der Waals surface area contributed by atoms with Crippen LogP contribution in [0.1, 0.15) is 45.1 Å². The summed E-state index contributed by atoms with van der Waals surface area (Å²) in [6, 6.07) is 23.7.